The van der Waals surface area contributed by atoms with E-state index in [1.807, 2.05) is 0 Å². The third-order valence-corrected chi connectivity index (χ3v) is 3.52. The maximum atomic E-state index is 14.0. The zero-order valence-electron chi connectivity index (χ0n) is 10.7. The highest BCUT2D eigenvalue weighted by Gasteiger charge is 2.22. The van der Waals surface area contributed by atoms with Crippen LogP contribution in [0, 0.1) is 17.6 Å². The van der Waals surface area contributed by atoms with Crippen molar-refractivity contribution in [3.8, 4) is 0 Å². The van der Waals surface area contributed by atoms with Gasteiger partial charge < -0.3 is 15.8 Å². The zero-order chi connectivity index (χ0) is 14.0. The summed E-state index contributed by atoms with van der Waals surface area (Å²) < 4.78 is 28.0. The molecule has 0 atom stereocenters. The minimum atomic E-state index is -0.684. The molecule has 6 heteroatoms. The van der Waals surface area contributed by atoms with Gasteiger partial charge in [-0.3, -0.25) is 0 Å². The lowest BCUT2D eigenvalue weighted by atomic mass is 9.98. The van der Waals surface area contributed by atoms with E-state index >= 15 is 0 Å². The third-order valence-electron chi connectivity index (χ3n) is 3.52. The first kappa shape index (κ1) is 13.6. The predicted octanol–water partition coefficient (Wildman–Crippen LogP) is 2.30. The Balaban J connectivity index is 2.32. The topological polar surface area (TPSA) is 61.8 Å². The van der Waals surface area contributed by atoms with Gasteiger partial charge in [-0.2, -0.15) is 0 Å². The summed E-state index contributed by atoms with van der Waals surface area (Å²) in [6, 6.07) is 2.18. The number of nitrogens with zero attached hydrogens (tertiary/aromatic N) is 2. The Morgan fingerprint density at radius 2 is 1.84 bits per heavy atom. The summed E-state index contributed by atoms with van der Waals surface area (Å²) in [4.78, 5) is 1.71. The van der Waals surface area contributed by atoms with Crippen LogP contribution < -0.4 is 10.6 Å². The van der Waals surface area contributed by atoms with E-state index in [1.165, 1.54) is 0 Å². The van der Waals surface area contributed by atoms with Gasteiger partial charge in [0.2, 0.25) is 0 Å². The van der Waals surface area contributed by atoms with Gasteiger partial charge in [-0.1, -0.05) is 12.1 Å². The van der Waals surface area contributed by atoms with Crippen molar-refractivity contribution in [3.63, 3.8) is 0 Å². The van der Waals surface area contributed by atoms with Crippen LogP contribution in [0.5, 0.6) is 0 Å². The second-order valence-corrected chi connectivity index (χ2v) is 4.94. The lowest BCUT2D eigenvalue weighted by molar-refractivity contribution is 0.318. The summed E-state index contributed by atoms with van der Waals surface area (Å²) in [5.74, 6) is -1.09. The molecule has 1 aromatic rings. The first-order chi connectivity index (χ1) is 9.02. The number of anilines is 1. The molecule has 1 aliphatic rings. The summed E-state index contributed by atoms with van der Waals surface area (Å²) in [6.45, 7) is 3.40. The number of piperidine rings is 1. The molecule has 0 unspecified atom stereocenters. The predicted molar refractivity (Wildman–Crippen MR) is 69.5 cm³/mol. The molecule has 104 valence electrons. The summed E-state index contributed by atoms with van der Waals surface area (Å²) in [5, 5.41) is 11.3. The van der Waals surface area contributed by atoms with Crippen molar-refractivity contribution in [1.29, 1.82) is 0 Å². The van der Waals surface area contributed by atoms with Gasteiger partial charge in [-0.05, 0) is 30.9 Å². The van der Waals surface area contributed by atoms with E-state index in [1.54, 1.807) is 4.90 Å². The maximum absolute atomic E-state index is 14.0. The van der Waals surface area contributed by atoms with Crippen LogP contribution in [-0.2, 0) is 0 Å². The molecular formula is C13H17F2N3O. The van der Waals surface area contributed by atoms with Crippen molar-refractivity contribution < 1.29 is 14.0 Å². The fraction of sp³-hybridized carbons (Fsp3) is 0.462. The van der Waals surface area contributed by atoms with E-state index in [9.17, 15) is 8.78 Å². The molecule has 0 aromatic heterocycles. The number of rotatable bonds is 2. The van der Waals surface area contributed by atoms with Crippen molar-refractivity contribution in [3.05, 3.63) is 29.3 Å². The minimum Gasteiger partial charge on any atom is -0.409 e. The summed E-state index contributed by atoms with van der Waals surface area (Å²) in [5.41, 5.74) is 5.34. The molecule has 1 fully saturated rings. The van der Waals surface area contributed by atoms with Crippen LogP contribution in [0.4, 0.5) is 14.5 Å². The standard InChI is InChI=1S/C13H17F2N3O/c1-8-2-4-18(5-3-8)12-10(14)6-9(7-11(12)15)13(16)17-19/h6-8,19H,2-5H2,1H3,(H2,16,17). The quantitative estimate of drug-likeness (QED) is 0.375. The molecule has 1 aliphatic heterocycles. The van der Waals surface area contributed by atoms with Crippen molar-refractivity contribution in [1.82, 2.24) is 0 Å². The Morgan fingerprint density at radius 1 is 1.32 bits per heavy atom. The number of halogens is 2. The average Bonchev–Trinajstić information content (AvgIpc) is 2.39. The molecule has 0 aliphatic carbocycles. The highest BCUT2D eigenvalue weighted by atomic mass is 19.1. The van der Waals surface area contributed by atoms with Crippen molar-refractivity contribution in [2.24, 2.45) is 16.8 Å². The van der Waals surface area contributed by atoms with Crippen LogP contribution in [0.3, 0.4) is 0 Å². The van der Waals surface area contributed by atoms with Crippen LogP contribution in [0.1, 0.15) is 25.3 Å². The van der Waals surface area contributed by atoms with Crippen LogP contribution in [0.15, 0.2) is 17.3 Å². The first-order valence-electron chi connectivity index (χ1n) is 6.24. The average molecular weight is 269 g/mol. The molecule has 0 bridgehead atoms. The number of hydrogen-bond acceptors (Lipinski definition) is 3. The van der Waals surface area contributed by atoms with Crippen LogP contribution in [0.25, 0.3) is 0 Å². The lowest BCUT2D eigenvalue weighted by Crippen LogP contribution is -2.34. The summed E-state index contributed by atoms with van der Waals surface area (Å²) >= 11 is 0. The highest BCUT2D eigenvalue weighted by molar-refractivity contribution is 5.97. The van der Waals surface area contributed by atoms with Crippen molar-refractivity contribution in [2.45, 2.75) is 19.8 Å². The summed E-state index contributed by atoms with van der Waals surface area (Å²) in [7, 11) is 0. The Morgan fingerprint density at radius 3 is 2.32 bits per heavy atom. The van der Waals surface area contributed by atoms with Gasteiger partial charge in [0.25, 0.3) is 0 Å². The number of benzene rings is 1. The maximum Gasteiger partial charge on any atom is 0.170 e. The third kappa shape index (κ3) is 2.77. The van der Waals surface area contributed by atoms with Gasteiger partial charge in [-0.25, -0.2) is 8.78 Å². The van der Waals surface area contributed by atoms with Gasteiger partial charge in [0.1, 0.15) is 17.3 Å². The highest BCUT2D eigenvalue weighted by Crippen LogP contribution is 2.29. The van der Waals surface area contributed by atoms with Gasteiger partial charge in [0.15, 0.2) is 5.84 Å². The van der Waals surface area contributed by atoms with E-state index in [-0.39, 0.29) is 17.1 Å². The molecule has 2 rings (SSSR count). The van der Waals surface area contributed by atoms with E-state index in [0.717, 1.165) is 25.0 Å². The largest absolute Gasteiger partial charge is 0.409 e. The van der Waals surface area contributed by atoms with Gasteiger partial charge in [0.05, 0.1) is 0 Å². The summed E-state index contributed by atoms with van der Waals surface area (Å²) in [6.07, 6.45) is 1.84. The molecule has 0 radical (unpaired) electrons. The number of hydrogen-bond donors (Lipinski definition) is 2. The molecule has 1 saturated heterocycles. The number of nitrogens with two attached hydrogens (primary N) is 1. The SMILES string of the molecule is CC1CCN(c2c(F)cc(C(N)=NO)cc2F)CC1. The molecular weight excluding hydrogens is 252 g/mol. The Hall–Kier alpha value is -1.85. The van der Waals surface area contributed by atoms with E-state index in [4.69, 9.17) is 10.9 Å². The fourth-order valence-electron chi connectivity index (χ4n) is 2.31. The molecule has 0 spiro atoms. The second-order valence-electron chi connectivity index (χ2n) is 4.94. The zero-order valence-corrected chi connectivity index (χ0v) is 10.7. The van der Waals surface area contributed by atoms with Gasteiger partial charge >= 0.3 is 0 Å². The number of oxime groups is 1. The molecule has 19 heavy (non-hydrogen) atoms. The first-order valence-corrected chi connectivity index (χ1v) is 6.24. The smallest absolute Gasteiger partial charge is 0.170 e. The Bertz CT molecular complexity index is 474. The van der Waals surface area contributed by atoms with Crippen LogP contribution in [0.2, 0.25) is 0 Å². The van der Waals surface area contributed by atoms with Crippen molar-refractivity contribution >= 4 is 11.5 Å². The molecule has 0 amide bonds. The minimum absolute atomic E-state index is 0.0265. The molecule has 3 N–H and O–H groups in total. The van der Waals surface area contributed by atoms with E-state index < -0.39 is 11.6 Å². The van der Waals surface area contributed by atoms with E-state index in [2.05, 4.69) is 12.1 Å². The van der Waals surface area contributed by atoms with E-state index in [0.29, 0.717) is 19.0 Å². The lowest BCUT2D eigenvalue weighted by Gasteiger charge is -2.32. The molecule has 1 aromatic carbocycles. The van der Waals surface area contributed by atoms with Gasteiger partial charge in [0, 0.05) is 18.7 Å². The molecule has 1 heterocycles. The van der Waals surface area contributed by atoms with Crippen molar-refractivity contribution in [2.75, 3.05) is 18.0 Å². The van der Waals surface area contributed by atoms with Crippen LogP contribution >= 0.6 is 0 Å². The fourth-order valence-corrected chi connectivity index (χ4v) is 2.31. The normalized spacial score (nSPS) is 17.8. The second kappa shape index (κ2) is 5.42. The molecule has 0 saturated carbocycles. The Kier molecular flexibility index (Phi) is 3.87. The van der Waals surface area contributed by atoms with Gasteiger partial charge in [-0.15, -0.1) is 0 Å². The molecule has 4 nitrogen and oxygen atoms in total. The Labute approximate surface area is 110 Å². The number of amidine groups is 1. The monoisotopic (exact) mass is 269 g/mol. The van der Waals surface area contributed by atoms with Crippen LogP contribution in [-0.4, -0.2) is 24.1 Å².